The lowest BCUT2D eigenvalue weighted by molar-refractivity contribution is -0.140. The van der Waals surface area contributed by atoms with Gasteiger partial charge < -0.3 is 10.1 Å². The Morgan fingerprint density at radius 3 is 2.70 bits per heavy atom. The topological polar surface area (TPSA) is 62.7 Å². The fraction of sp³-hybridized carbons (Fsp3) is 0.786. The molecule has 0 radical (unpaired) electrons. The van der Waals surface area contributed by atoms with Gasteiger partial charge in [-0.1, -0.05) is 12.8 Å². The fourth-order valence-corrected chi connectivity index (χ4v) is 2.26. The number of hydrogen-bond acceptors (Lipinski definition) is 4. The number of hydrogen-bond donors (Lipinski definition) is 2. The predicted molar refractivity (Wildman–Crippen MR) is 84.7 cm³/mol. The quantitative estimate of drug-likeness (QED) is 0.327. The Labute approximate surface area is 126 Å². The van der Waals surface area contributed by atoms with Crippen molar-refractivity contribution in [2.75, 3.05) is 13.7 Å². The van der Waals surface area contributed by atoms with Crippen molar-refractivity contribution >= 4 is 29.0 Å². The van der Waals surface area contributed by atoms with Crippen molar-refractivity contribution in [3.05, 3.63) is 0 Å². The standard InChI is InChI=1S/C14H25N3O2S/c1-19-13(18)10-6-3-7-11-15-14(20)17-16-12-8-4-2-5-9-12/h2-11H2,1H3,(H2,15,17,20). The van der Waals surface area contributed by atoms with Crippen molar-refractivity contribution in [2.24, 2.45) is 5.10 Å². The van der Waals surface area contributed by atoms with Gasteiger partial charge in [0.2, 0.25) is 0 Å². The van der Waals surface area contributed by atoms with Crippen LogP contribution in [-0.4, -0.2) is 30.4 Å². The molecule has 1 saturated carbocycles. The van der Waals surface area contributed by atoms with Crippen LogP contribution in [0.25, 0.3) is 0 Å². The number of rotatable bonds is 7. The van der Waals surface area contributed by atoms with Gasteiger partial charge >= 0.3 is 5.97 Å². The van der Waals surface area contributed by atoms with E-state index >= 15 is 0 Å². The Morgan fingerprint density at radius 2 is 2.00 bits per heavy atom. The van der Waals surface area contributed by atoms with Gasteiger partial charge in [0.15, 0.2) is 5.11 Å². The average Bonchev–Trinajstić information content (AvgIpc) is 2.49. The molecule has 1 aliphatic rings. The van der Waals surface area contributed by atoms with Crippen LogP contribution in [0.15, 0.2) is 5.10 Å². The van der Waals surface area contributed by atoms with E-state index in [0.717, 1.165) is 38.6 Å². The van der Waals surface area contributed by atoms with E-state index in [1.165, 1.54) is 32.1 Å². The highest BCUT2D eigenvalue weighted by atomic mass is 32.1. The van der Waals surface area contributed by atoms with Crippen LogP contribution in [0.4, 0.5) is 0 Å². The number of unbranched alkanes of at least 4 members (excludes halogenated alkanes) is 2. The maximum atomic E-state index is 10.9. The van der Waals surface area contributed by atoms with E-state index in [4.69, 9.17) is 12.2 Å². The number of hydrazone groups is 1. The third kappa shape index (κ3) is 8.09. The van der Waals surface area contributed by atoms with Crippen LogP contribution in [-0.2, 0) is 9.53 Å². The van der Waals surface area contributed by atoms with Gasteiger partial charge in [-0.3, -0.25) is 10.2 Å². The van der Waals surface area contributed by atoms with Gasteiger partial charge in [-0.15, -0.1) is 0 Å². The summed E-state index contributed by atoms with van der Waals surface area (Å²) < 4.78 is 4.58. The molecule has 0 aromatic heterocycles. The first-order valence-electron chi connectivity index (χ1n) is 7.38. The molecular weight excluding hydrogens is 274 g/mol. The minimum absolute atomic E-state index is 0.140. The molecule has 0 atom stereocenters. The first-order valence-corrected chi connectivity index (χ1v) is 7.79. The van der Waals surface area contributed by atoms with Crippen molar-refractivity contribution < 1.29 is 9.53 Å². The van der Waals surface area contributed by atoms with Gasteiger partial charge in [0.1, 0.15) is 0 Å². The normalized spacial score (nSPS) is 14.6. The minimum Gasteiger partial charge on any atom is -0.469 e. The number of nitrogens with one attached hydrogen (secondary N) is 2. The number of methoxy groups -OCH3 is 1. The molecule has 0 aromatic rings. The summed E-state index contributed by atoms with van der Waals surface area (Å²) >= 11 is 5.16. The first-order chi connectivity index (χ1) is 9.72. The summed E-state index contributed by atoms with van der Waals surface area (Å²) in [5, 5.41) is 8.04. The lowest BCUT2D eigenvalue weighted by Crippen LogP contribution is -2.33. The van der Waals surface area contributed by atoms with E-state index in [0.29, 0.717) is 11.5 Å². The SMILES string of the molecule is COC(=O)CCCCCNC(=S)NN=C1CCCCC1. The number of carbonyl (C=O) groups is 1. The van der Waals surface area contributed by atoms with Crippen molar-refractivity contribution in [1.82, 2.24) is 10.7 Å². The molecule has 1 aliphatic carbocycles. The van der Waals surface area contributed by atoms with E-state index in [1.54, 1.807) is 0 Å². The molecule has 0 unspecified atom stereocenters. The maximum Gasteiger partial charge on any atom is 0.305 e. The lowest BCUT2D eigenvalue weighted by atomic mass is 9.99. The molecule has 20 heavy (non-hydrogen) atoms. The second-order valence-corrected chi connectivity index (χ2v) is 5.40. The Kier molecular flexibility index (Phi) is 8.95. The summed E-state index contributed by atoms with van der Waals surface area (Å²) in [5.41, 5.74) is 4.13. The Morgan fingerprint density at radius 1 is 1.25 bits per heavy atom. The lowest BCUT2D eigenvalue weighted by Gasteiger charge is -2.13. The van der Waals surface area contributed by atoms with Crippen molar-refractivity contribution in [3.8, 4) is 0 Å². The summed E-state index contributed by atoms with van der Waals surface area (Å²) in [6.45, 7) is 0.803. The number of thiocarbonyl (C=S) groups is 1. The molecular formula is C14H25N3O2S. The zero-order chi connectivity index (χ0) is 14.6. The van der Waals surface area contributed by atoms with E-state index in [1.807, 2.05) is 0 Å². The second kappa shape index (κ2) is 10.6. The Bertz CT molecular complexity index is 337. The number of carbonyl (C=O) groups excluding carboxylic acids is 1. The highest BCUT2D eigenvalue weighted by Crippen LogP contribution is 2.14. The van der Waals surface area contributed by atoms with Crippen LogP contribution in [0.3, 0.4) is 0 Å². The average molecular weight is 299 g/mol. The molecule has 0 heterocycles. The summed E-state index contributed by atoms with van der Waals surface area (Å²) in [4.78, 5) is 10.9. The first kappa shape index (κ1) is 16.9. The highest BCUT2D eigenvalue weighted by molar-refractivity contribution is 7.80. The van der Waals surface area contributed by atoms with Crippen LogP contribution in [0.5, 0.6) is 0 Å². The van der Waals surface area contributed by atoms with Gasteiger partial charge in [0.25, 0.3) is 0 Å². The second-order valence-electron chi connectivity index (χ2n) is 4.99. The number of nitrogens with zero attached hydrogens (tertiary/aromatic N) is 1. The van der Waals surface area contributed by atoms with Gasteiger partial charge in [-0.05, 0) is 50.7 Å². The summed E-state index contributed by atoms with van der Waals surface area (Å²) in [5.74, 6) is -0.140. The predicted octanol–water partition coefficient (Wildman–Crippen LogP) is 2.50. The molecule has 2 N–H and O–H groups in total. The van der Waals surface area contributed by atoms with E-state index < -0.39 is 0 Å². The third-order valence-electron chi connectivity index (χ3n) is 3.32. The van der Waals surface area contributed by atoms with Gasteiger partial charge in [-0.25, -0.2) is 0 Å². The summed E-state index contributed by atoms with van der Waals surface area (Å²) in [6.07, 6.45) is 9.28. The van der Waals surface area contributed by atoms with Crippen LogP contribution in [0.2, 0.25) is 0 Å². The molecule has 0 bridgehead atoms. The number of esters is 1. The molecule has 6 heteroatoms. The minimum atomic E-state index is -0.140. The Balaban J connectivity index is 1.98. The Hall–Kier alpha value is -1.17. The van der Waals surface area contributed by atoms with Crippen LogP contribution < -0.4 is 10.7 Å². The number of ether oxygens (including phenoxy) is 1. The zero-order valence-corrected chi connectivity index (χ0v) is 13.1. The van der Waals surface area contributed by atoms with Crippen LogP contribution >= 0.6 is 12.2 Å². The monoisotopic (exact) mass is 299 g/mol. The molecule has 5 nitrogen and oxygen atoms in total. The van der Waals surface area contributed by atoms with Crippen molar-refractivity contribution in [3.63, 3.8) is 0 Å². The molecule has 0 saturated heterocycles. The van der Waals surface area contributed by atoms with E-state index in [9.17, 15) is 4.79 Å². The molecule has 1 rings (SSSR count). The molecule has 0 spiro atoms. The molecule has 0 amide bonds. The molecule has 1 fully saturated rings. The smallest absolute Gasteiger partial charge is 0.305 e. The molecule has 0 aromatic carbocycles. The van der Waals surface area contributed by atoms with Gasteiger partial charge in [-0.2, -0.15) is 5.10 Å². The summed E-state index contributed by atoms with van der Waals surface area (Å²) in [6, 6.07) is 0. The van der Waals surface area contributed by atoms with Crippen LogP contribution in [0.1, 0.15) is 57.8 Å². The van der Waals surface area contributed by atoms with Gasteiger partial charge in [0.05, 0.1) is 7.11 Å². The molecule has 0 aliphatic heterocycles. The highest BCUT2D eigenvalue weighted by Gasteiger charge is 2.06. The van der Waals surface area contributed by atoms with Gasteiger partial charge in [0, 0.05) is 18.7 Å². The van der Waals surface area contributed by atoms with Crippen molar-refractivity contribution in [1.29, 1.82) is 0 Å². The fourth-order valence-electron chi connectivity index (χ4n) is 2.12. The van der Waals surface area contributed by atoms with Crippen molar-refractivity contribution in [2.45, 2.75) is 57.8 Å². The van der Waals surface area contributed by atoms with E-state index in [2.05, 4.69) is 20.6 Å². The largest absolute Gasteiger partial charge is 0.469 e. The zero-order valence-electron chi connectivity index (χ0n) is 12.2. The summed E-state index contributed by atoms with van der Waals surface area (Å²) in [7, 11) is 1.42. The molecule has 114 valence electrons. The maximum absolute atomic E-state index is 10.9. The third-order valence-corrected chi connectivity index (χ3v) is 3.55. The van der Waals surface area contributed by atoms with Crippen LogP contribution in [0, 0.1) is 0 Å². The van der Waals surface area contributed by atoms with E-state index in [-0.39, 0.29) is 5.97 Å².